The Labute approximate surface area is 112 Å². The zero-order chi connectivity index (χ0) is 14.6. The normalized spacial score (nSPS) is 21.8. The van der Waals surface area contributed by atoms with Gasteiger partial charge in [0.25, 0.3) is 0 Å². The predicted octanol–water partition coefficient (Wildman–Crippen LogP) is 0.145. The van der Waals surface area contributed by atoms with E-state index in [2.05, 4.69) is 5.32 Å². The Bertz CT molecular complexity index is 372. The number of carbonyl (C=O) groups excluding carboxylic acids is 2. The van der Waals surface area contributed by atoms with Crippen molar-refractivity contribution in [2.75, 3.05) is 6.54 Å². The number of carbonyl (C=O) groups is 3. The fourth-order valence-electron chi connectivity index (χ4n) is 2.20. The van der Waals surface area contributed by atoms with Crippen LogP contribution in [0, 0.1) is 5.92 Å². The molecule has 1 heterocycles. The molecule has 1 aliphatic rings. The molecule has 3 amide bonds. The standard InChI is InChI=1S/C12H21N3O4/c1-3-7(2)9(11(17)18)14-12(19)15-6-4-5-8(15)10(13)16/h7-9H,3-6H2,1-2H3,(H2,13,16)(H,14,19)(H,17,18)/t7?,8?,9-/m0/s1. The molecular weight excluding hydrogens is 250 g/mol. The van der Waals surface area contributed by atoms with Crippen molar-refractivity contribution >= 4 is 17.9 Å². The van der Waals surface area contributed by atoms with E-state index in [-0.39, 0.29) is 5.92 Å². The van der Waals surface area contributed by atoms with Crippen LogP contribution >= 0.6 is 0 Å². The second-order valence-electron chi connectivity index (χ2n) is 4.90. The molecule has 1 saturated heterocycles. The number of carboxylic acids is 1. The van der Waals surface area contributed by atoms with Crippen LogP contribution < -0.4 is 11.1 Å². The summed E-state index contributed by atoms with van der Waals surface area (Å²) in [5.74, 6) is -1.81. The Morgan fingerprint density at radius 3 is 2.58 bits per heavy atom. The van der Waals surface area contributed by atoms with Gasteiger partial charge in [0, 0.05) is 6.54 Å². The van der Waals surface area contributed by atoms with Gasteiger partial charge in [0.15, 0.2) is 0 Å². The molecule has 1 aliphatic heterocycles. The van der Waals surface area contributed by atoms with E-state index in [1.54, 1.807) is 6.92 Å². The molecule has 3 atom stereocenters. The third-order valence-corrected chi connectivity index (χ3v) is 3.60. The Morgan fingerprint density at radius 2 is 2.11 bits per heavy atom. The number of nitrogens with zero attached hydrogens (tertiary/aromatic N) is 1. The molecule has 1 rings (SSSR count). The number of amides is 3. The van der Waals surface area contributed by atoms with Gasteiger partial charge in [-0.2, -0.15) is 0 Å². The van der Waals surface area contributed by atoms with Gasteiger partial charge in [-0.25, -0.2) is 9.59 Å². The number of likely N-dealkylation sites (tertiary alicyclic amines) is 1. The van der Waals surface area contributed by atoms with Crippen LogP contribution in [-0.2, 0) is 9.59 Å². The van der Waals surface area contributed by atoms with Crippen LogP contribution in [0.4, 0.5) is 4.79 Å². The van der Waals surface area contributed by atoms with Crippen LogP contribution in [0.3, 0.4) is 0 Å². The molecule has 108 valence electrons. The first-order valence-electron chi connectivity index (χ1n) is 6.47. The summed E-state index contributed by atoms with van der Waals surface area (Å²) in [7, 11) is 0. The molecule has 0 bridgehead atoms. The fourth-order valence-corrected chi connectivity index (χ4v) is 2.20. The van der Waals surface area contributed by atoms with Crippen LogP contribution in [0.1, 0.15) is 33.1 Å². The Balaban J connectivity index is 2.71. The molecule has 19 heavy (non-hydrogen) atoms. The van der Waals surface area contributed by atoms with Crippen LogP contribution in [0.5, 0.6) is 0 Å². The molecule has 0 saturated carbocycles. The van der Waals surface area contributed by atoms with E-state index in [1.165, 1.54) is 4.90 Å². The lowest BCUT2D eigenvalue weighted by atomic mass is 9.99. The van der Waals surface area contributed by atoms with E-state index in [0.29, 0.717) is 25.8 Å². The van der Waals surface area contributed by atoms with Gasteiger partial charge in [-0.15, -0.1) is 0 Å². The molecule has 0 aromatic heterocycles. The van der Waals surface area contributed by atoms with Crippen LogP contribution in [0.2, 0.25) is 0 Å². The topological polar surface area (TPSA) is 113 Å². The Kier molecular flexibility index (Phi) is 5.14. The summed E-state index contributed by atoms with van der Waals surface area (Å²) in [5.41, 5.74) is 5.23. The summed E-state index contributed by atoms with van der Waals surface area (Å²) in [6, 6.07) is -2.12. The number of hydrogen-bond donors (Lipinski definition) is 3. The van der Waals surface area contributed by atoms with Crippen LogP contribution in [0.25, 0.3) is 0 Å². The summed E-state index contributed by atoms with van der Waals surface area (Å²) in [5, 5.41) is 11.6. The lowest BCUT2D eigenvalue weighted by Crippen LogP contribution is -2.53. The second-order valence-corrected chi connectivity index (χ2v) is 4.90. The maximum Gasteiger partial charge on any atom is 0.326 e. The van der Waals surface area contributed by atoms with E-state index < -0.39 is 30.0 Å². The van der Waals surface area contributed by atoms with Crippen LogP contribution in [-0.4, -0.2) is 46.5 Å². The lowest BCUT2D eigenvalue weighted by Gasteiger charge is -2.26. The third-order valence-electron chi connectivity index (χ3n) is 3.60. The van der Waals surface area contributed by atoms with Gasteiger partial charge in [0.2, 0.25) is 5.91 Å². The first-order valence-corrected chi connectivity index (χ1v) is 6.47. The van der Waals surface area contributed by atoms with Crippen molar-refractivity contribution in [3.05, 3.63) is 0 Å². The summed E-state index contributed by atoms with van der Waals surface area (Å²) >= 11 is 0. The summed E-state index contributed by atoms with van der Waals surface area (Å²) in [4.78, 5) is 35.7. The van der Waals surface area contributed by atoms with E-state index in [9.17, 15) is 14.4 Å². The van der Waals surface area contributed by atoms with Crippen molar-refractivity contribution in [3.63, 3.8) is 0 Å². The highest BCUT2D eigenvalue weighted by Gasteiger charge is 2.35. The number of nitrogens with two attached hydrogens (primary N) is 1. The fraction of sp³-hybridized carbons (Fsp3) is 0.750. The molecule has 0 aromatic rings. The number of urea groups is 1. The summed E-state index contributed by atoms with van der Waals surface area (Å²) in [6.07, 6.45) is 1.86. The van der Waals surface area contributed by atoms with Gasteiger partial charge in [-0.05, 0) is 18.8 Å². The minimum atomic E-state index is -1.07. The van der Waals surface area contributed by atoms with Gasteiger partial charge in [0.05, 0.1) is 0 Å². The van der Waals surface area contributed by atoms with Crippen molar-refractivity contribution in [2.24, 2.45) is 11.7 Å². The molecule has 0 radical (unpaired) electrons. The smallest absolute Gasteiger partial charge is 0.326 e. The molecule has 0 aliphatic carbocycles. The van der Waals surface area contributed by atoms with Crippen molar-refractivity contribution in [2.45, 2.75) is 45.2 Å². The first-order chi connectivity index (χ1) is 8.88. The minimum Gasteiger partial charge on any atom is -0.480 e. The molecule has 2 unspecified atom stereocenters. The molecule has 7 heteroatoms. The van der Waals surface area contributed by atoms with Crippen molar-refractivity contribution in [3.8, 4) is 0 Å². The van der Waals surface area contributed by atoms with Crippen molar-refractivity contribution in [1.82, 2.24) is 10.2 Å². The Morgan fingerprint density at radius 1 is 1.47 bits per heavy atom. The summed E-state index contributed by atoms with van der Waals surface area (Å²) in [6.45, 7) is 4.04. The number of carboxylic acid groups (broad SMARTS) is 1. The number of rotatable bonds is 5. The first kappa shape index (κ1) is 15.3. The highest BCUT2D eigenvalue weighted by molar-refractivity contribution is 5.88. The third kappa shape index (κ3) is 3.59. The number of aliphatic carboxylic acids is 1. The van der Waals surface area contributed by atoms with Gasteiger partial charge in [-0.3, -0.25) is 4.79 Å². The largest absolute Gasteiger partial charge is 0.480 e. The molecular formula is C12H21N3O4. The number of hydrogen-bond acceptors (Lipinski definition) is 3. The molecule has 7 nitrogen and oxygen atoms in total. The van der Waals surface area contributed by atoms with E-state index in [1.807, 2.05) is 6.92 Å². The van der Waals surface area contributed by atoms with Gasteiger partial charge in [0.1, 0.15) is 12.1 Å². The summed E-state index contributed by atoms with van der Waals surface area (Å²) < 4.78 is 0. The van der Waals surface area contributed by atoms with Gasteiger partial charge >= 0.3 is 12.0 Å². The highest BCUT2D eigenvalue weighted by atomic mass is 16.4. The lowest BCUT2D eigenvalue weighted by molar-refractivity contribution is -0.140. The average Bonchev–Trinajstić information content (AvgIpc) is 2.83. The zero-order valence-corrected chi connectivity index (χ0v) is 11.3. The molecule has 0 spiro atoms. The quantitative estimate of drug-likeness (QED) is 0.660. The molecule has 1 fully saturated rings. The van der Waals surface area contributed by atoms with E-state index >= 15 is 0 Å². The van der Waals surface area contributed by atoms with Crippen molar-refractivity contribution in [1.29, 1.82) is 0 Å². The van der Waals surface area contributed by atoms with E-state index in [4.69, 9.17) is 10.8 Å². The minimum absolute atomic E-state index is 0.184. The molecule has 4 N–H and O–H groups in total. The predicted molar refractivity (Wildman–Crippen MR) is 68.3 cm³/mol. The van der Waals surface area contributed by atoms with E-state index in [0.717, 1.165) is 0 Å². The highest BCUT2D eigenvalue weighted by Crippen LogP contribution is 2.17. The maximum atomic E-state index is 12.0. The number of primary amides is 1. The van der Waals surface area contributed by atoms with Crippen molar-refractivity contribution < 1.29 is 19.5 Å². The monoisotopic (exact) mass is 271 g/mol. The molecule has 0 aromatic carbocycles. The zero-order valence-electron chi connectivity index (χ0n) is 11.3. The average molecular weight is 271 g/mol. The SMILES string of the molecule is CCC(C)[C@H](NC(=O)N1CCCC1C(N)=O)C(=O)O. The van der Waals surface area contributed by atoms with Crippen LogP contribution in [0.15, 0.2) is 0 Å². The van der Waals surface area contributed by atoms with Gasteiger partial charge in [-0.1, -0.05) is 20.3 Å². The Hall–Kier alpha value is -1.79. The van der Waals surface area contributed by atoms with Gasteiger partial charge < -0.3 is 21.1 Å². The number of nitrogens with one attached hydrogen (secondary N) is 1. The second kappa shape index (κ2) is 6.40. The maximum absolute atomic E-state index is 12.0.